The van der Waals surface area contributed by atoms with Crippen LogP contribution in [0.15, 0.2) is 77.8 Å². The molecule has 0 unspecified atom stereocenters. The highest BCUT2D eigenvalue weighted by molar-refractivity contribution is 7.80. The lowest BCUT2D eigenvalue weighted by atomic mass is 10.0. The molecule has 0 aliphatic heterocycles. The average Bonchev–Trinajstić information content (AvgIpc) is 2.70. The maximum atomic E-state index is 11.5. The SMILES string of the molecule is Nc1ccc(-c2ccc3ncc(S)c(Nc4ccccc4C(=O)O)c3c2)cc1. The van der Waals surface area contributed by atoms with Crippen molar-refractivity contribution in [2.24, 2.45) is 0 Å². The smallest absolute Gasteiger partial charge is 0.337 e. The number of fused-ring (bicyclic) bond motifs is 1. The third-order valence-electron chi connectivity index (χ3n) is 4.51. The van der Waals surface area contributed by atoms with Crippen molar-refractivity contribution in [3.8, 4) is 11.1 Å². The molecule has 4 aromatic rings. The number of nitrogens with one attached hydrogen (secondary N) is 1. The molecule has 28 heavy (non-hydrogen) atoms. The van der Waals surface area contributed by atoms with Gasteiger partial charge in [0.25, 0.3) is 0 Å². The molecule has 0 fully saturated rings. The van der Waals surface area contributed by atoms with E-state index in [2.05, 4.69) is 22.9 Å². The Morgan fingerprint density at radius 2 is 1.71 bits per heavy atom. The first-order valence-electron chi connectivity index (χ1n) is 8.60. The van der Waals surface area contributed by atoms with Crippen molar-refractivity contribution in [2.75, 3.05) is 11.1 Å². The lowest BCUT2D eigenvalue weighted by Gasteiger charge is -2.15. The Morgan fingerprint density at radius 1 is 1.00 bits per heavy atom. The van der Waals surface area contributed by atoms with Crippen molar-refractivity contribution < 1.29 is 9.90 Å². The molecule has 0 radical (unpaired) electrons. The van der Waals surface area contributed by atoms with Crippen LogP contribution in [0.3, 0.4) is 0 Å². The van der Waals surface area contributed by atoms with Crippen LogP contribution in [0.1, 0.15) is 10.4 Å². The molecule has 4 rings (SSSR count). The van der Waals surface area contributed by atoms with Crippen molar-refractivity contribution in [1.29, 1.82) is 0 Å². The van der Waals surface area contributed by atoms with Crippen molar-refractivity contribution in [1.82, 2.24) is 4.98 Å². The van der Waals surface area contributed by atoms with Crippen LogP contribution >= 0.6 is 12.6 Å². The minimum absolute atomic E-state index is 0.190. The normalized spacial score (nSPS) is 10.8. The van der Waals surface area contributed by atoms with E-state index in [9.17, 15) is 9.90 Å². The Morgan fingerprint density at radius 3 is 2.46 bits per heavy atom. The molecule has 5 nitrogen and oxygen atoms in total. The van der Waals surface area contributed by atoms with Crippen LogP contribution in [0.25, 0.3) is 22.0 Å². The van der Waals surface area contributed by atoms with Gasteiger partial charge in [-0.25, -0.2) is 4.79 Å². The van der Waals surface area contributed by atoms with Crippen LogP contribution in [0.4, 0.5) is 17.1 Å². The minimum Gasteiger partial charge on any atom is -0.478 e. The number of pyridine rings is 1. The predicted molar refractivity (Wildman–Crippen MR) is 116 cm³/mol. The number of nitrogen functional groups attached to an aromatic ring is 1. The quantitative estimate of drug-likeness (QED) is 0.285. The number of hydrogen-bond acceptors (Lipinski definition) is 5. The molecule has 6 heteroatoms. The molecule has 0 aliphatic rings. The average molecular weight is 387 g/mol. The molecule has 0 atom stereocenters. The van der Waals surface area contributed by atoms with Gasteiger partial charge in [0.2, 0.25) is 0 Å². The van der Waals surface area contributed by atoms with Crippen molar-refractivity contribution in [3.63, 3.8) is 0 Å². The molecule has 0 amide bonds. The molecule has 3 aromatic carbocycles. The van der Waals surface area contributed by atoms with E-state index >= 15 is 0 Å². The van der Waals surface area contributed by atoms with E-state index in [1.54, 1.807) is 30.5 Å². The van der Waals surface area contributed by atoms with Crippen LogP contribution < -0.4 is 11.1 Å². The van der Waals surface area contributed by atoms with E-state index in [0.29, 0.717) is 22.0 Å². The summed E-state index contributed by atoms with van der Waals surface area (Å²) in [7, 11) is 0. The molecule has 4 N–H and O–H groups in total. The number of benzene rings is 3. The highest BCUT2D eigenvalue weighted by Crippen LogP contribution is 2.35. The van der Waals surface area contributed by atoms with Gasteiger partial charge in [-0.15, -0.1) is 12.6 Å². The second-order valence-corrected chi connectivity index (χ2v) is 6.83. The Balaban J connectivity index is 1.86. The van der Waals surface area contributed by atoms with Gasteiger partial charge in [0.1, 0.15) is 0 Å². The summed E-state index contributed by atoms with van der Waals surface area (Å²) in [6.07, 6.45) is 1.65. The zero-order valence-corrected chi connectivity index (χ0v) is 15.6. The van der Waals surface area contributed by atoms with Gasteiger partial charge in [-0.1, -0.05) is 30.3 Å². The summed E-state index contributed by atoms with van der Waals surface area (Å²) in [5, 5.41) is 13.5. The molecular weight excluding hydrogens is 370 g/mol. The molecule has 0 bridgehead atoms. The number of thiol groups is 1. The van der Waals surface area contributed by atoms with E-state index < -0.39 is 5.97 Å². The van der Waals surface area contributed by atoms with Gasteiger partial charge in [0.15, 0.2) is 0 Å². The maximum Gasteiger partial charge on any atom is 0.337 e. The molecule has 0 saturated carbocycles. The summed E-state index contributed by atoms with van der Waals surface area (Å²) in [6, 6.07) is 20.3. The molecule has 0 spiro atoms. The third-order valence-corrected chi connectivity index (χ3v) is 4.85. The Hall–Kier alpha value is -3.51. The summed E-state index contributed by atoms with van der Waals surface area (Å²) in [5.41, 5.74) is 10.7. The largest absolute Gasteiger partial charge is 0.478 e. The van der Waals surface area contributed by atoms with Crippen molar-refractivity contribution >= 4 is 46.6 Å². The molecule has 1 heterocycles. The molecule has 0 saturated heterocycles. The number of nitrogens with zero attached hydrogens (tertiary/aromatic N) is 1. The van der Waals surface area contributed by atoms with Gasteiger partial charge >= 0.3 is 5.97 Å². The summed E-state index contributed by atoms with van der Waals surface area (Å²) in [5.74, 6) is -0.996. The monoisotopic (exact) mass is 387 g/mol. The number of aromatic carboxylic acids is 1. The number of anilines is 3. The standard InChI is InChI=1S/C22H17N3O2S/c23-15-8-5-13(6-9-15)14-7-10-18-17(11-14)21(20(28)12-24-18)25-19-4-2-1-3-16(19)22(26)27/h1-12,28H,23H2,(H,24,25)(H,26,27). The first-order valence-corrected chi connectivity index (χ1v) is 9.04. The third kappa shape index (κ3) is 3.37. The van der Waals surface area contributed by atoms with Gasteiger partial charge in [0, 0.05) is 22.2 Å². The fourth-order valence-electron chi connectivity index (χ4n) is 3.08. The first kappa shape index (κ1) is 17.9. The first-order chi connectivity index (χ1) is 13.5. The number of carboxylic acids is 1. The lowest BCUT2D eigenvalue weighted by molar-refractivity contribution is 0.0698. The van der Waals surface area contributed by atoms with Gasteiger partial charge in [-0.3, -0.25) is 4.98 Å². The van der Waals surface area contributed by atoms with Gasteiger partial charge < -0.3 is 16.2 Å². The fraction of sp³-hybridized carbons (Fsp3) is 0. The highest BCUT2D eigenvalue weighted by Gasteiger charge is 2.13. The summed E-state index contributed by atoms with van der Waals surface area (Å²) >= 11 is 4.54. The van der Waals surface area contributed by atoms with Gasteiger partial charge in [-0.05, 0) is 47.5 Å². The summed E-state index contributed by atoms with van der Waals surface area (Å²) in [6.45, 7) is 0. The molecular formula is C22H17N3O2S. The summed E-state index contributed by atoms with van der Waals surface area (Å²) in [4.78, 5) is 16.6. The zero-order chi connectivity index (χ0) is 19.7. The number of nitrogens with two attached hydrogens (primary N) is 1. The number of hydrogen-bond donors (Lipinski definition) is 4. The lowest BCUT2D eigenvalue weighted by Crippen LogP contribution is -2.03. The Kier molecular flexibility index (Phi) is 4.63. The number of para-hydroxylation sites is 1. The van der Waals surface area contributed by atoms with E-state index in [4.69, 9.17) is 5.73 Å². The van der Waals surface area contributed by atoms with E-state index in [0.717, 1.165) is 22.0 Å². The van der Waals surface area contributed by atoms with E-state index in [-0.39, 0.29) is 5.56 Å². The maximum absolute atomic E-state index is 11.5. The number of rotatable bonds is 4. The van der Waals surface area contributed by atoms with Crippen molar-refractivity contribution in [3.05, 3.63) is 78.5 Å². The molecule has 0 aliphatic carbocycles. The second-order valence-electron chi connectivity index (χ2n) is 6.35. The topological polar surface area (TPSA) is 88.2 Å². The zero-order valence-electron chi connectivity index (χ0n) is 14.8. The van der Waals surface area contributed by atoms with Crippen LogP contribution in [-0.4, -0.2) is 16.1 Å². The van der Waals surface area contributed by atoms with Crippen LogP contribution in [0.2, 0.25) is 0 Å². The number of aromatic nitrogens is 1. The Bertz CT molecular complexity index is 1190. The van der Waals surface area contributed by atoms with Crippen LogP contribution in [0.5, 0.6) is 0 Å². The van der Waals surface area contributed by atoms with E-state index in [1.165, 1.54) is 0 Å². The van der Waals surface area contributed by atoms with E-state index in [1.807, 2.05) is 42.5 Å². The molecule has 138 valence electrons. The van der Waals surface area contributed by atoms with Crippen LogP contribution in [-0.2, 0) is 0 Å². The Labute approximate surface area is 167 Å². The van der Waals surface area contributed by atoms with Crippen molar-refractivity contribution in [2.45, 2.75) is 4.90 Å². The summed E-state index contributed by atoms with van der Waals surface area (Å²) < 4.78 is 0. The number of carbonyl (C=O) groups is 1. The number of carboxylic acid groups (broad SMARTS) is 1. The minimum atomic E-state index is -0.996. The van der Waals surface area contributed by atoms with Crippen LogP contribution in [0, 0.1) is 0 Å². The second kappa shape index (κ2) is 7.25. The van der Waals surface area contributed by atoms with Gasteiger partial charge in [0.05, 0.1) is 22.5 Å². The predicted octanol–water partition coefficient (Wildman–Crippen LogP) is 5.21. The van der Waals surface area contributed by atoms with Gasteiger partial charge in [-0.2, -0.15) is 0 Å². The molecule has 1 aromatic heterocycles. The fourth-order valence-corrected chi connectivity index (χ4v) is 3.32. The highest BCUT2D eigenvalue weighted by atomic mass is 32.1.